The molecular weight excluding hydrogens is 180 g/mol. The monoisotopic (exact) mass is 200 g/mol. The first-order chi connectivity index (χ1) is 6.27. The Balaban J connectivity index is 1.85. The van der Waals surface area contributed by atoms with Gasteiger partial charge in [0.2, 0.25) is 0 Å². The first-order valence-corrected chi connectivity index (χ1v) is 5.92. The van der Waals surface area contributed by atoms with Gasteiger partial charge in [0.15, 0.2) is 0 Å². The lowest BCUT2D eigenvalue weighted by molar-refractivity contribution is 0.199. The van der Waals surface area contributed by atoms with E-state index in [-0.39, 0.29) is 0 Å². The molecule has 0 aromatic carbocycles. The second-order valence-corrected chi connectivity index (χ2v) is 5.16. The Morgan fingerprint density at radius 3 is 2.85 bits per heavy atom. The fourth-order valence-electron chi connectivity index (χ4n) is 2.52. The third-order valence-corrected chi connectivity index (χ3v) is 3.97. The van der Waals surface area contributed by atoms with Crippen LogP contribution in [0.3, 0.4) is 0 Å². The SMILES string of the molecule is CC([C@@H]1CCNC1)N1CC[C@H](S)C1. The Morgan fingerprint density at radius 2 is 2.31 bits per heavy atom. The highest BCUT2D eigenvalue weighted by Gasteiger charge is 2.30. The molecule has 0 saturated carbocycles. The highest BCUT2D eigenvalue weighted by molar-refractivity contribution is 7.81. The maximum atomic E-state index is 4.53. The van der Waals surface area contributed by atoms with Crippen molar-refractivity contribution in [3.8, 4) is 0 Å². The van der Waals surface area contributed by atoms with Crippen LogP contribution >= 0.6 is 12.6 Å². The molecule has 0 aromatic heterocycles. The average molecular weight is 200 g/mol. The zero-order valence-electron chi connectivity index (χ0n) is 8.37. The summed E-state index contributed by atoms with van der Waals surface area (Å²) in [5.41, 5.74) is 0. The van der Waals surface area contributed by atoms with Crippen molar-refractivity contribution < 1.29 is 0 Å². The van der Waals surface area contributed by atoms with E-state index in [0.717, 1.165) is 12.0 Å². The number of hydrogen-bond acceptors (Lipinski definition) is 3. The van der Waals surface area contributed by atoms with Crippen LogP contribution in [0.4, 0.5) is 0 Å². The Hall–Kier alpha value is 0.270. The molecule has 76 valence electrons. The normalized spacial score (nSPS) is 38.3. The molecule has 3 atom stereocenters. The number of hydrogen-bond donors (Lipinski definition) is 2. The van der Waals surface area contributed by atoms with Crippen molar-refractivity contribution in [3.05, 3.63) is 0 Å². The van der Waals surface area contributed by atoms with E-state index in [0.29, 0.717) is 5.25 Å². The Bertz CT molecular complexity index is 168. The van der Waals surface area contributed by atoms with Crippen LogP contribution in [0.15, 0.2) is 0 Å². The molecule has 0 radical (unpaired) electrons. The van der Waals surface area contributed by atoms with E-state index in [1.165, 1.54) is 39.0 Å². The van der Waals surface area contributed by atoms with Crippen LogP contribution in [-0.4, -0.2) is 42.4 Å². The van der Waals surface area contributed by atoms with Crippen molar-refractivity contribution in [2.24, 2.45) is 5.92 Å². The molecule has 2 fully saturated rings. The van der Waals surface area contributed by atoms with Crippen LogP contribution < -0.4 is 5.32 Å². The van der Waals surface area contributed by atoms with Gasteiger partial charge in [0, 0.05) is 17.8 Å². The number of nitrogens with zero attached hydrogens (tertiary/aromatic N) is 1. The molecule has 13 heavy (non-hydrogen) atoms. The van der Waals surface area contributed by atoms with Gasteiger partial charge in [0.1, 0.15) is 0 Å². The Morgan fingerprint density at radius 1 is 1.46 bits per heavy atom. The van der Waals surface area contributed by atoms with Crippen LogP contribution in [0.2, 0.25) is 0 Å². The number of thiol groups is 1. The van der Waals surface area contributed by atoms with E-state index < -0.39 is 0 Å². The van der Waals surface area contributed by atoms with Gasteiger partial charge in [0.05, 0.1) is 0 Å². The van der Waals surface area contributed by atoms with Crippen molar-refractivity contribution >= 4 is 12.6 Å². The first kappa shape index (κ1) is 9.81. The molecule has 2 aliphatic heterocycles. The third-order valence-electron chi connectivity index (χ3n) is 3.55. The van der Waals surface area contributed by atoms with E-state index in [4.69, 9.17) is 0 Å². The van der Waals surface area contributed by atoms with Gasteiger partial charge >= 0.3 is 0 Å². The van der Waals surface area contributed by atoms with E-state index >= 15 is 0 Å². The third kappa shape index (κ3) is 2.20. The second kappa shape index (κ2) is 4.20. The van der Waals surface area contributed by atoms with E-state index in [1.807, 2.05) is 0 Å². The maximum Gasteiger partial charge on any atom is 0.0157 e. The lowest BCUT2D eigenvalue weighted by atomic mass is 9.99. The molecule has 2 saturated heterocycles. The van der Waals surface area contributed by atoms with Crippen molar-refractivity contribution in [3.63, 3.8) is 0 Å². The Labute approximate surface area is 86.5 Å². The smallest absolute Gasteiger partial charge is 0.0157 e. The predicted octanol–water partition coefficient (Wildman–Crippen LogP) is 0.988. The quantitative estimate of drug-likeness (QED) is 0.646. The topological polar surface area (TPSA) is 15.3 Å². The molecule has 0 bridgehead atoms. The zero-order valence-corrected chi connectivity index (χ0v) is 9.26. The summed E-state index contributed by atoms with van der Waals surface area (Å²) in [4.78, 5) is 2.61. The van der Waals surface area contributed by atoms with Gasteiger partial charge in [-0.15, -0.1) is 0 Å². The van der Waals surface area contributed by atoms with Gasteiger partial charge in [-0.25, -0.2) is 0 Å². The van der Waals surface area contributed by atoms with E-state index in [2.05, 4.69) is 29.8 Å². The molecule has 0 aromatic rings. The highest BCUT2D eigenvalue weighted by atomic mass is 32.1. The van der Waals surface area contributed by atoms with Gasteiger partial charge in [-0.3, -0.25) is 4.90 Å². The Kier molecular flexibility index (Phi) is 3.17. The molecule has 0 aliphatic carbocycles. The summed E-state index contributed by atoms with van der Waals surface area (Å²) in [7, 11) is 0. The minimum absolute atomic E-state index is 0.622. The molecule has 2 heterocycles. The van der Waals surface area contributed by atoms with Crippen molar-refractivity contribution in [2.45, 2.75) is 31.1 Å². The average Bonchev–Trinajstić information content (AvgIpc) is 2.72. The maximum absolute atomic E-state index is 4.53. The summed E-state index contributed by atoms with van der Waals surface area (Å²) in [6.07, 6.45) is 2.63. The van der Waals surface area contributed by atoms with Crippen LogP contribution in [-0.2, 0) is 0 Å². The zero-order chi connectivity index (χ0) is 9.26. The van der Waals surface area contributed by atoms with E-state index in [9.17, 15) is 0 Å². The lowest BCUT2D eigenvalue weighted by Gasteiger charge is -2.28. The molecule has 0 spiro atoms. The van der Waals surface area contributed by atoms with Crippen LogP contribution in [0.25, 0.3) is 0 Å². The van der Waals surface area contributed by atoms with Gasteiger partial charge in [-0.05, 0) is 45.3 Å². The summed E-state index contributed by atoms with van der Waals surface area (Å²) in [6.45, 7) is 7.26. The first-order valence-electron chi connectivity index (χ1n) is 5.40. The molecule has 0 amide bonds. The minimum atomic E-state index is 0.622. The summed E-state index contributed by atoms with van der Waals surface area (Å²) < 4.78 is 0. The minimum Gasteiger partial charge on any atom is -0.316 e. The predicted molar refractivity (Wildman–Crippen MR) is 59.4 cm³/mol. The molecule has 2 rings (SSSR count). The summed E-state index contributed by atoms with van der Waals surface area (Å²) in [6, 6.07) is 0.757. The fourth-order valence-corrected chi connectivity index (χ4v) is 2.85. The van der Waals surface area contributed by atoms with Gasteiger partial charge in [-0.2, -0.15) is 12.6 Å². The number of likely N-dealkylation sites (tertiary alicyclic amines) is 1. The van der Waals surface area contributed by atoms with E-state index in [1.54, 1.807) is 0 Å². The van der Waals surface area contributed by atoms with Crippen molar-refractivity contribution in [2.75, 3.05) is 26.2 Å². The van der Waals surface area contributed by atoms with Crippen LogP contribution in [0.5, 0.6) is 0 Å². The lowest BCUT2D eigenvalue weighted by Crippen LogP contribution is -2.37. The molecule has 1 unspecified atom stereocenters. The van der Waals surface area contributed by atoms with Crippen molar-refractivity contribution in [1.82, 2.24) is 10.2 Å². The number of rotatable bonds is 2. The summed E-state index contributed by atoms with van der Waals surface area (Å²) in [5.74, 6) is 0.874. The number of nitrogens with one attached hydrogen (secondary N) is 1. The summed E-state index contributed by atoms with van der Waals surface area (Å²) >= 11 is 4.53. The molecule has 2 nitrogen and oxygen atoms in total. The molecular formula is C10H20N2S. The van der Waals surface area contributed by atoms with Gasteiger partial charge in [0.25, 0.3) is 0 Å². The largest absolute Gasteiger partial charge is 0.316 e. The molecule has 1 N–H and O–H groups in total. The fraction of sp³-hybridized carbons (Fsp3) is 1.00. The highest BCUT2D eigenvalue weighted by Crippen LogP contribution is 2.23. The van der Waals surface area contributed by atoms with Gasteiger partial charge < -0.3 is 5.32 Å². The van der Waals surface area contributed by atoms with Crippen LogP contribution in [0.1, 0.15) is 19.8 Å². The van der Waals surface area contributed by atoms with Gasteiger partial charge in [-0.1, -0.05) is 0 Å². The standard InChI is InChI=1S/C10H20N2S/c1-8(9-2-4-11-6-9)12-5-3-10(13)7-12/h8-11,13H,2-7H2,1H3/t8?,9-,10+/m1/s1. The summed E-state index contributed by atoms with van der Waals surface area (Å²) in [5, 5.41) is 4.06. The molecule has 3 heteroatoms. The van der Waals surface area contributed by atoms with Crippen molar-refractivity contribution in [1.29, 1.82) is 0 Å². The van der Waals surface area contributed by atoms with Crippen LogP contribution in [0, 0.1) is 5.92 Å². The molecule has 2 aliphatic rings. The second-order valence-electron chi connectivity index (χ2n) is 4.43.